The second-order valence-corrected chi connectivity index (χ2v) is 3.91. The van der Waals surface area contributed by atoms with Gasteiger partial charge in [0.15, 0.2) is 0 Å². The normalized spacial score (nSPS) is 35.4. The Hall–Kier alpha value is -1.18. The number of aliphatic hydroxyl groups excluding tert-OH is 2. The fraction of sp³-hybridized carbons (Fsp3) is 0.778. The topological polar surface area (TPSA) is 99.1 Å². The van der Waals surface area contributed by atoms with Gasteiger partial charge in [0.05, 0.1) is 19.3 Å². The highest BCUT2D eigenvalue weighted by Crippen LogP contribution is 2.23. The van der Waals surface area contributed by atoms with Gasteiger partial charge in [-0.1, -0.05) is 0 Å². The van der Waals surface area contributed by atoms with Crippen molar-refractivity contribution in [2.24, 2.45) is 0 Å². The van der Waals surface area contributed by atoms with Gasteiger partial charge in [0, 0.05) is 6.42 Å². The first kappa shape index (κ1) is 11.3. The molecule has 3 N–H and O–H groups in total. The minimum Gasteiger partial charge on any atom is -0.394 e. The Morgan fingerprint density at radius 2 is 2.25 bits per heavy atom. The second-order valence-electron chi connectivity index (χ2n) is 3.91. The zero-order chi connectivity index (χ0) is 11.7. The number of nitrogens with one attached hydrogen (secondary N) is 1. The van der Waals surface area contributed by atoms with E-state index in [1.807, 2.05) is 0 Å². The van der Waals surface area contributed by atoms with E-state index in [1.165, 1.54) is 4.90 Å². The van der Waals surface area contributed by atoms with Crippen LogP contribution in [0.15, 0.2) is 0 Å². The zero-order valence-corrected chi connectivity index (χ0v) is 8.63. The first-order valence-corrected chi connectivity index (χ1v) is 5.12. The Morgan fingerprint density at radius 1 is 1.50 bits per heavy atom. The van der Waals surface area contributed by atoms with Crippen molar-refractivity contribution in [1.29, 1.82) is 0 Å². The summed E-state index contributed by atoms with van der Waals surface area (Å²) in [5.41, 5.74) is 0. The van der Waals surface area contributed by atoms with E-state index in [9.17, 15) is 14.7 Å². The van der Waals surface area contributed by atoms with Gasteiger partial charge >= 0.3 is 0 Å². The molecule has 0 bridgehead atoms. The fourth-order valence-corrected chi connectivity index (χ4v) is 1.91. The molecule has 2 amide bonds. The number of aliphatic hydroxyl groups is 2. The lowest BCUT2D eigenvalue weighted by molar-refractivity contribution is -0.155. The summed E-state index contributed by atoms with van der Waals surface area (Å²) >= 11 is 0. The van der Waals surface area contributed by atoms with Crippen molar-refractivity contribution >= 4 is 11.8 Å². The summed E-state index contributed by atoms with van der Waals surface area (Å²) in [5.74, 6) is -0.486. The molecule has 0 spiro atoms. The van der Waals surface area contributed by atoms with Crippen molar-refractivity contribution in [2.45, 2.75) is 24.9 Å². The van der Waals surface area contributed by atoms with Crippen molar-refractivity contribution in [3.8, 4) is 0 Å². The van der Waals surface area contributed by atoms with Crippen LogP contribution < -0.4 is 5.32 Å². The van der Waals surface area contributed by atoms with Crippen molar-refractivity contribution < 1.29 is 24.5 Å². The summed E-state index contributed by atoms with van der Waals surface area (Å²) in [7, 11) is 0. The number of hydrogen-bond acceptors (Lipinski definition) is 5. The van der Waals surface area contributed by atoms with Crippen LogP contribution in [0, 0.1) is 0 Å². The van der Waals surface area contributed by atoms with Crippen LogP contribution in [0.2, 0.25) is 0 Å². The zero-order valence-electron chi connectivity index (χ0n) is 8.63. The summed E-state index contributed by atoms with van der Waals surface area (Å²) in [6.07, 6.45) is -1.87. The van der Waals surface area contributed by atoms with E-state index < -0.39 is 18.4 Å². The Bertz CT molecular complexity index is 308. The van der Waals surface area contributed by atoms with Gasteiger partial charge in [-0.05, 0) is 0 Å². The summed E-state index contributed by atoms with van der Waals surface area (Å²) in [5, 5.41) is 20.8. The van der Waals surface area contributed by atoms with E-state index in [2.05, 4.69) is 5.32 Å². The number of rotatable bonds is 2. The lowest BCUT2D eigenvalue weighted by atomic mass is 10.2. The van der Waals surface area contributed by atoms with E-state index in [0.717, 1.165) is 0 Å². The van der Waals surface area contributed by atoms with E-state index in [0.29, 0.717) is 0 Å². The van der Waals surface area contributed by atoms with Gasteiger partial charge in [0.1, 0.15) is 18.9 Å². The molecule has 16 heavy (non-hydrogen) atoms. The maximum Gasteiger partial charge on any atom is 0.244 e. The Kier molecular flexibility index (Phi) is 3.08. The lowest BCUT2D eigenvalue weighted by Gasteiger charge is -2.31. The van der Waals surface area contributed by atoms with Crippen molar-refractivity contribution in [2.75, 3.05) is 19.7 Å². The van der Waals surface area contributed by atoms with Crippen LogP contribution in [0.4, 0.5) is 0 Å². The molecule has 2 heterocycles. The van der Waals surface area contributed by atoms with Crippen molar-refractivity contribution in [1.82, 2.24) is 10.2 Å². The molecule has 2 aliphatic heterocycles. The molecule has 7 heteroatoms. The molecule has 7 nitrogen and oxygen atoms in total. The van der Waals surface area contributed by atoms with Gasteiger partial charge in [-0.25, -0.2) is 0 Å². The highest BCUT2D eigenvalue weighted by molar-refractivity contribution is 5.92. The molecule has 0 aromatic rings. The molecule has 0 saturated carbocycles. The predicted molar refractivity (Wildman–Crippen MR) is 51.1 cm³/mol. The summed E-state index contributed by atoms with van der Waals surface area (Å²) in [4.78, 5) is 23.9. The SMILES string of the molecule is O=C1CN([C@H]2C[C@H](O)[C@@H](CO)O2)C(=O)CN1. The molecule has 2 rings (SSSR count). The smallest absolute Gasteiger partial charge is 0.244 e. The number of carbonyl (C=O) groups is 2. The Morgan fingerprint density at radius 3 is 2.88 bits per heavy atom. The minimum atomic E-state index is -0.798. The standard InChI is InChI=1S/C9H14N2O5/c12-4-6-5(13)1-9(16-6)11-3-7(14)10-2-8(11)15/h5-6,9,12-13H,1-4H2,(H,10,14)/t5-,6+,9+/m0/s1. The number of ether oxygens (including phenoxy) is 1. The van der Waals surface area contributed by atoms with Gasteiger partial charge in [-0.15, -0.1) is 0 Å². The number of piperazine rings is 1. The van der Waals surface area contributed by atoms with Crippen LogP contribution in [-0.2, 0) is 14.3 Å². The number of carbonyl (C=O) groups excluding carboxylic acids is 2. The van der Waals surface area contributed by atoms with Crippen LogP contribution in [0.5, 0.6) is 0 Å². The van der Waals surface area contributed by atoms with Crippen LogP contribution >= 0.6 is 0 Å². The number of hydrogen-bond donors (Lipinski definition) is 3. The number of nitrogens with zero attached hydrogens (tertiary/aromatic N) is 1. The largest absolute Gasteiger partial charge is 0.394 e. The minimum absolute atomic E-state index is 0.0431. The Labute approximate surface area is 92.0 Å². The lowest BCUT2D eigenvalue weighted by Crippen LogP contribution is -2.55. The third kappa shape index (κ3) is 2.01. The Balaban J connectivity index is 2.02. The summed E-state index contributed by atoms with van der Waals surface area (Å²) in [6.45, 7) is -0.404. The van der Waals surface area contributed by atoms with Gasteiger partial charge in [0.2, 0.25) is 11.8 Å². The van der Waals surface area contributed by atoms with Crippen molar-refractivity contribution in [3.05, 3.63) is 0 Å². The van der Waals surface area contributed by atoms with Crippen molar-refractivity contribution in [3.63, 3.8) is 0 Å². The van der Waals surface area contributed by atoms with Crippen LogP contribution in [0.25, 0.3) is 0 Å². The first-order valence-electron chi connectivity index (χ1n) is 5.12. The highest BCUT2D eigenvalue weighted by Gasteiger charge is 2.40. The maximum atomic E-state index is 11.5. The second kappa shape index (κ2) is 4.36. The third-order valence-corrected chi connectivity index (χ3v) is 2.80. The molecule has 3 atom stereocenters. The molecular weight excluding hydrogens is 216 g/mol. The fourth-order valence-electron chi connectivity index (χ4n) is 1.91. The molecule has 0 unspecified atom stereocenters. The monoisotopic (exact) mass is 230 g/mol. The average molecular weight is 230 g/mol. The predicted octanol–water partition coefficient (Wildman–Crippen LogP) is -2.59. The van der Waals surface area contributed by atoms with Crippen LogP contribution in [0.1, 0.15) is 6.42 Å². The first-order chi connectivity index (χ1) is 7.61. The van der Waals surface area contributed by atoms with E-state index >= 15 is 0 Å². The molecule has 0 aliphatic carbocycles. The van der Waals surface area contributed by atoms with Crippen LogP contribution in [-0.4, -0.2) is 65.1 Å². The van der Waals surface area contributed by atoms with Gasteiger partial charge in [-0.3, -0.25) is 9.59 Å². The highest BCUT2D eigenvalue weighted by atomic mass is 16.5. The molecule has 90 valence electrons. The van der Waals surface area contributed by atoms with E-state index in [1.54, 1.807) is 0 Å². The molecule has 2 saturated heterocycles. The quantitative estimate of drug-likeness (QED) is 0.483. The summed E-state index contributed by atoms with van der Waals surface area (Å²) in [6, 6.07) is 0. The maximum absolute atomic E-state index is 11.5. The molecule has 2 fully saturated rings. The third-order valence-electron chi connectivity index (χ3n) is 2.80. The van der Waals surface area contributed by atoms with Gasteiger partial charge < -0.3 is 25.2 Å². The molecule has 0 aromatic carbocycles. The summed E-state index contributed by atoms with van der Waals surface area (Å²) < 4.78 is 5.31. The van der Waals surface area contributed by atoms with Gasteiger partial charge in [-0.2, -0.15) is 0 Å². The molecule has 0 radical (unpaired) electrons. The van der Waals surface area contributed by atoms with Crippen LogP contribution in [0.3, 0.4) is 0 Å². The molecule has 0 aromatic heterocycles. The number of amides is 2. The van der Waals surface area contributed by atoms with E-state index in [4.69, 9.17) is 9.84 Å². The van der Waals surface area contributed by atoms with Gasteiger partial charge in [0.25, 0.3) is 0 Å². The molecule has 2 aliphatic rings. The van der Waals surface area contributed by atoms with E-state index in [-0.39, 0.29) is 37.9 Å². The molecular formula is C9H14N2O5. The average Bonchev–Trinajstić information content (AvgIpc) is 2.63.